The van der Waals surface area contributed by atoms with Crippen molar-refractivity contribution >= 4 is 37.6 Å². The molecule has 17 heteroatoms. The molecule has 1 amide bonds. The van der Waals surface area contributed by atoms with Crippen molar-refractivity contribution in [3.8, 4) is 0 Å². The molecule has 0 aliphatic heterocycles. The molecule has 0 aromatic carbocycles. The van der Waals surface area contributed by atoms with Crippen molar-refractivity contribution in [2.24, 2.45) is 0 Å². The average molecular weight is 1010 g/mol. The second-order valence-electron chi connectivity index (χ2n) is 18.2. The van der Waals surface area contributed by atoms with Crippen LogP contribution in [0.4, 0.5) is 0 Å². The first kappa shape index (κ1) is 66.4. The summed E-state index contributed by atoms with van der Waals surface area (Å²) in [6.07, 6.45) is 35.3. The van der Waals surface area contributed by atoms with Crippen LogP contribution in [0, 0.1) is 0 Å². The van der Waals surface area contributed by atoms with E-state index < -0.39 is 50.3 Å². The zero-order valence-electron chi connectivity index (χ0n) is 43.3. The molecule has 0 aromatic rings. The van der Waals surface area contributed by atoms with Crippen molar-refractivity contribution in [3.05, 3.63) is 0 Å². The lowest BCUT2D eigenvalue weighted by Crippen LogP contribution is -2.30. The van der Waals surface area contributed by atoms with E-state index in [9.17, 15) is 33.4 Å². The summed E-state index contributed by atoms with van der Waals surface area (Å²) in [4.78, 5) is 70.2. The second-order valence-corrected chi connectivity index (χ2v) is 19.7. The van der Waals surface area contributed by atoms with Gasteiger partial charge in [0.25, 0.3) is 0 Å². The molecule has 0 bridgehead atoms. The third-order valence-electron chi connectivity index (χ3n) is 11.7. The highest BCUT2D eigenvalue weighted by Crippen LogP contribution is 2.43. The van der Waals surface area contributed by atoms with Crippen LogP contribution in [-0.4, -0.2) is 105 Å². The number of phosphoric acid groups is 1. The molecule has 0 radical (unpaired) electrons. The lowest BCUT2D eigenvalue weighted by atomic mass is 10.0. The van der Waals surface area contributed by atoms with Gasteiger partial charge in [0.05, 0.1) is 58.9 Å². The van der Waals surface area contributed by atoms with E-state index in [0.29, 0.717) is 12.8 Å². The van der Waals surface area contributed by atoms with Gasteiger partial charge in [-0.05, 0) is 12.8 Å². The fraction of sp³-hybridized carbons (Fsp3) is 0.904. The van der Waals surface area contributed by atoms with E-state index in [-0.39, 0.29) is 84.9 Å². The Hall–Kier alpha value is -2.62. The molecular formula is C52H98NO15P. The van der Waals surface area contributed by atoms with Crippen molar-refractivity contribution in [2.75, 3.05) is 59.4 Å². The minimum absolute atomic E-state index is 0.0437. The lowest BCUT2D eigenvalue weighted by Gasteiger charge is -2.20. The predicted octanol–water partition coefficient (Wildman–Crippen LogP) is 12.0. The van der Waals surface area contributed by atoms with Crippen molar-refractivity contribution < 1.29 is 71.3 Å². The van der Waals surface area contributed by atoms with Crippen molar-refractivity contribution in [3.63, 3.8) is 0 Å². The van der Waals surface area contributed by atoms with E-state index in [1.807, 2.05) is 0 Å². The van der Waals surface area contributed by atoms with E-state index in [0.717, 1.165) is 38.5 Å². The maximum absolute atomic E-state index is 12.8. The number of amides is 1. The van der Waals surface area contributed by atoms with E-state index in [1.54, 1.807) is 0 Å². The Bertz CT molecular complexity index is 1290. The first-order valence-corrected chi connectivity index (χ1v) is 28.7. The van der Waals surface area contributed by atoms with Crippen LogP contribution in [0.3, 0.4) is 0 Å². The van der Waals surface area contributed by atoms with Gasteiger partial charge < -0.3 is 39.0 Å². The van der Waals surface area contributed by atoms with E-state index in [4.69, 9.17) is 37.8 Å². The molecule has 0 saturated carbocycles. The first-order chi connectivity index (χ1) is 33.5. The SMILES string of the molecule is CCCCCCCCCCCCCCCCCC(=O)OCC(COP(=O)(O)OCCNC(=O)CCOC(=O)CCOCCOCCC(=O)O)OC(=O)CCCCCCCCCCCCCCCCC. The van der Waals surface area contributed by atoms with Gasteiger partial charge in [-0.3, -0.25) is 33.0 Å². The van der Waals surface area contributed by atoms with Crippen LogP contribution in [0.2, 0.25) is 0 Å². The molecular weight excluding hydrogens is 910 g/mol. The Morgan fingerprint density at radius 1 is 0.435 bits per heavy atom. The number of carboxylic acid groups (broad SMARTS) is 1. The summed E-state index contributed by atoms with van der Waals surface area (Å²) in [5.41, 5.74) is 0. The molecule has 2 unspecified atom stereocenters. The van der Waals surface area contributed by atoms with Crippen LogP contribution in [0.25, 0.3) is 0 Å². The number of rotatable bonds is 54. The normalized spacial score (nSPS) is 12.6. The van der Waals surface area contributed by atoms with Gasteiger partial charge in [0.1, 0.15) is 13.2 Å². The highest BCUT2D eigenvalue weighted by atomic mass is 31.2. The minimum Gasteiger partial charge on any atom is -0.481 e. The molecule has 0 rings (SSSR count). The molecule has 406 valence electrons. The lowest BCUT2D eigenvalue weighted by molar-refractivity contribution is -0.161. The number of nitrogens with one attached hydrogen (secondary N) is 1. The van der Waals surface area contributed by atoms with Crippen molar-refractivity contribution in [2.45, 2.75) is 245 Å². The number of aliphatic carboxylic acids is 1. The maximum atomic E-state index is 12.8. The highest BCUT2D eigenvalue weighted by Gasteiger charge is 2.26. The van der Waals surface area contributed by atoms with Crippen LogP contribution < -0.4 is 5.32 Å². The summed E-state index contributed by atoms with van der Waals surface area (Å²) >= 11 is 0. The molecule has 0 aliphatic rings. The first-order valence-electron chi connectivity index (χ1n) is 27.3. The summed E-state index contributed by atoms with van der Waals surface area (Å²) in [7, 11) is -4.65. The number of carbonyl (C=O) groups excluding carboxylic acids is 4. The number of hydrogen-bond acceptors (Lipinski definition) is 13. The largest absolute Gasteiger partial charge is 0.481 e. The predicted molar refractivity (Wildman–Crippen MR) is 269 cm³/mol. The van der Waals surface area contributed by atoms with Gasteiger partial charge in [-0.1, -0.05) is 194 Å². The molecule has 0 aliphatic carbocycles. The smallest absolute Gasteiger partial charge is 0.472 e. The van der Waals surface area contributed by atoms with Gasteiger partial charge in [0, 0.05) is 19.4 Å². The third-order valence-corrected chi connectivity index (χ3v) is 12.7. The summed E-state index contributed by atoms with van der Waals surface area (Å²) < 4.78 is 49.1. The fourth-order valence-corrected chi connectivity index (χ4v) is 8.27. The standard InChI is InChI=1S/C52H98NO15P/c1-3-5-7-9-11-13-15-17-19-21-23-25-27-29-31-33-50(57)65-45-47(68-52(59)34-32-30-28-26-24-22-20-18-16-14-12-10-8-6-4-2)46-67-69(60,61)66-42-38-53-48(54)35-41-64-51(58)37-40-63-44-43-62-39-36-49(55)56/h47H,3-46H2,1-2H3,(H,53,54)(H,55,56)(H,60,61). The molecule has 16 nitrogen and oxygen atoms in total. The molecule has 3 N–H and O–H groups in total. The minimum atomic E-state index is -4.65. The number of phosphoric ester groups is 1. The zero-order valence-corrected chi connectivity index (χ0v) is 44.2. The Balaban J connectivity index is 4.54. The zero-order chi connectivity index (χ0) is 50.7. The van der Waals surface area contributed by atoms with Crippen LogP contribution in [-0.2, 0) is 61.3 Å². The number of hydrogen-bond donors (Lipinski definition) is 3. The van der Waals surface area contributed by atoms with Gasteiger partial charge in [0.15, 0.2) is 6.10 Å². The molecule has 0 heterocycles. The van der Waals surface area contributed by atoms with Crippen LogP contribution in [0.15, 0.2) is 0 Å². The van der Waals surface area contributed by atoms with Crippen molar-refractivity contribution in [1.82, 2.24) is 5.32 Å². The number of ether oxygens (including phenoxy) is 5. The van der Waals surface area contributed by atoms with Crippen LogP contribution in [0.5, 0.6) is 0 Å². The number of carbonyl (C=O) groups is 5. The molecule has 2 atom stereocenters. The fourth-order valence-electron chi connectivity index (χ4n) is 7.52. The highest BCUT2D eigenvalue weighted by molar-refractivity contribution is 7.47. The van der Waals surface area contributed by atoms with Crippen molar-refractivity contribution in [1.29, 1.82) is 0 Å². The third kappa shape index (κ3) is 51.5. The maximum Gasteiger partial charge on any atom is 0.472 e. The van der Waals surface area contributed by atoms with E-state index >= 15 is 0 Å². The average Bonchev–Trinajstić information content (AvgIpc) is 3.32. The topological polar surface area (TPSA) is 220 Å². The van der Waals surface area contributed by atoms with Gasteiger partial charge in [-0.25, -0.2) is 4.57 Å². The summed E-state index contributed by atoms with van der Waals surface area (Å²) in [6.45, 7) is 3.42. The van der Waals surface area contributed by atoms with Crippen LogP contribution in [0.1, 0.15) is 239 Å². The Labute approximate surface area is 417 Å². The second kappa shape index (κ2) is 50.3. The van der Waals surface area contributed by atoms with Crippen LogP contribution >= 0.6 is 7.82 Å². The van der Waals surface area contributed by atoms with Gasteiger partial charge in [0.2, 0.25) is 5.91 Å². The molecule has 0 aromatic heterocycles. The Morgan fingerprint density at radius 3 is 1.29 bits per heavy atom. The van der Waals surface area contributed by atoms with Gasteiger partial charge in [-0.2, -0.15) is 0 Å². The number of esters is 3. The van der Waals surface area contributed by atoms with E-state index in [2.05, 4.69) is 19.2 Å². The Morgan fingerprint density at radius 2 is 0.841 bits per heavy atom. The quantitative estimate of drug-likeness (QED) is 0.0223. The Kier molecular flexibility index (Phi) is 48.4. The molecule has 0 spiro atoms. The van der Waals surface area contributed by atoms with Gasteiger partial charge >= 0.3 is 31.7 Å². The van der Waals surface area contributed by atoms with E-state index in [1.165, 1.54) is 141 Å². The molecule has 69 heavy (non-hydrogen) atoms. The number of unbranched alkanes of at least 4 members (excludes halogenated alkanes) is 28. The summed E-state index contributed by atoms with van der Waals surface area (Å²) in [5, 5.41) is 11.1. The number of carboxylic acids is 1. The van der Waals surface area contributed by atoms with Gasteiger partial charge in [-0.15, -0.1) is 0 Å². The molecule has 0 saturated heterocycles. The summed E-state index contributed by atoms with van der Waals surface area (Å²) in [6, 6.07) is 0. The monoisotopic (exact) mass is 1010 g/mol. The molecule has 0 fully saturated rings. The summed E-state index contributed by atoms with van der Waals surface area (Å²) in [5.74, 6) is -2.96.